The quantitative estimate of drug-likeness (QED) is 0.486. The third kappa shape index (κ3) is 4.15. The summed E-state index contributed by atoms with van der Waals surface area (Å²) in [6, 6.07) is 14.4. The van der Waals surface area contributed by atoms with Gasteiger partial charge < -0.3 is 14.2 Å². The van der Waals surface area contributed by atoms with E-state index in [-0.39, 0.29) is 11.1 Å². The summed E-state index contributed by atoms with van der Waals surface area (Å²) in [6.07, 6.45) is 2.55. The van der Waals surface area contributed by atoms with Gasteiger partial charge in [0.15, 0.2) is 0 Å². The molecule has 2 N–H and O–H groups in total. The number of aromatic nitrogens is 1. The van der Waals surface area contributed by atoms with E-state index in [1.54, 1.807) is 35.5 Å². The van der Waals surface area contributed by atoms with Gasteiger partial charge in [0.1, 0.15) is 5.75 Å². The average Bonchev–Trinajstić information content (AvgIpc) is 2.74. The lowest BCUT2D eigenvalue weighted by Crippen LogP contribution is -2.24. The summed E-state index contributed by atoms with van der Waals surface area (Å²) in [5.74, 6) is 0.173. The number of ether oxygens (including phenoxy) is 1. The first kappa shape index (κ1) is 19.4. The van der Waals surface area contributed by atoms with Crippen LogP contribution in [0, 0.1) is 0 Å². The van der Waals surface area contributed by atoms with Gasteiger partial charge in [0.25, 0.3) is 11.5 Å². The normalized spacial score (nSPS) is 10.7. The molecule has 0 unspecified atom stereocenters. The minimum atomic E-state index is -0.641. The number of hydrogen-bond acceptors (Lipinski definition) is 5. The maximum atomic E-state index is 12.7. The summed E-state index contributed by atoms with van der Waals surface area (Å²) < 4.78 is 6.81. The molecule has 0 saturated heterocycles. The Kier molecular flexibility index (Phi) is 5.96. The number of benzene rings is 2. The molecule has 0 spiro atoms. The first-order valence-corrected chi connectivity index (χ1v) is 8.96. The molecule has 0 aliphatic rings. The van der Waals surface area contributed by atoms with Crippen LogP contribution in [0.4, 0.5) is 5.69 Å². The van der Waals surface area contributed by atoms with Crippen molar-refractivity contribution in [1.82, 2.24) is 10.0 Å². The highest BCUT2D eigenvalue weighted by Gasteiger charge is 2.09. The molecule has 0 aliphatic heterocycles. The van der Waals surface area contributed by atoms with Gasteiger partial charge in [0, 0.05) is 43.0 Å². The minimum absolute atomic E-state index is 0.155. The number of pyridine rings is 1. The number of nitrogens with one attached hydrogen (secondary N) is 1. The van der Waals surface area contributed by atoms with Gasteiger partial charge in [-0.25, -0.2) is 5.48 Å². The molecule has 1 heterocycles. The van der Waals surface area contributed by atoms with E-state index in [0.717, 1.165) is 29.8 Å². The molecule has 0 aliphatic carbocycles. The lowest BCUT2D eigenvalue weighted by Gasteiger charge is -2.20. The van der Waals surface area contributed by atoms with Crippen molar-refractivity contribution in [2.45, 2.75) is 13.0 Å². The van der Waals surface area contributed by atoms with Crippen LogP contribution >= 0.6 is 0 Å². The largest absolute Gasteiger partial charge is 0.497 e. The van der Waals surface area contributed by atoms with Crippen LogP contribution in [-0.2, 0) is 6.54 Å². The SMILES string of the molecule is COc1ccc(N(C)CCCn2ccc3ccc(C(=O)NO)cc3c2=O)cc1. The molecular weight excluding hydrogens is 358 g/mol. The van der Waals surface area contributed by atoms with Gasteiger partial charge in [0.05, 0.1) is 7.11 Å². The third-order valence-corrected chi connectivity index (χ3v) is 4.75. The van der Waals surface area contributed by atoms with Crippen molar-refractivity contribution in [3.63, 3.8) is 0 Å². The Balaban J connectivity index is 1.70. The number of carbonyl (C=O) groups is 1. The molecule has 1 aromatic heterocycles. The minimum Gasteiger partial charge on any atom is -0.497 e. The maximum absolute atomic E-state index is 12.7. The highest BCUT2D eigenvalue weighted by Crippen LogP contribution is 2.18. The van der Waals surface area contributed by atoms with E-state index >= 15 is 0 Å². The molecule has 3 aromatic rings. The second kappa shape index (κ2) is 8.58. The molecule has 7 heteroatoms. The molecule has 0 atom stereocenters. The van der Waals surface area contributed by atoms with Crippen molar-refractivity contribution in [1.29, 1.82) is 0 Å². The third-order valence-electron chi connectivity index (χ3n) is 4.75. The zero-order chi connectivity index (χ0) is 20.1. The molecule has 0 bridgehead atoms. The molecule has 0 saturated carbocycles. The van der Waals surface area contributed by atoms with Crippen LogP contribution in [0.15, 0.2) is 59.5 Å². The van der Waals surface area contributed by atoms with Crippen LogP contribution in [0.1, 0.15) is 16.8 Å². The van der Waals surface area contributed by atoms with Crippen LogP contribution in [0.25, 0.3) is 10.8 Å². The fourth-order valence-electron chi connectivity index (χ4n) is 3.11. The van der Waals surface area contributed by atoms with Crippen molar-refractivity contribution in [2.24, 2.45) is 0 Å². The summed E-state index contributed by atoms with van der Waals surface area (Å²) in [5.41, 5.74) is 2.75. The molecule has 0 fully saturated rings. The van der Waals surface area contributed by atoms with E-state index in [0.29, 0.717) is 11.9 Å². The van der Waals surface area contributed by atoms with Gasteiger partial charge in [-0.15, -0.1) is 0 Å². The number of anilines is 1. The molecular formula is C21H23N3O4. The Morgan fingerprint density at radius 1 is 1.18 bits per heavy atom. The number of aryl methyl sites for hydroxylation is 1. The van der Waals surface area contributed by atoms with E-state index in [4.69, 9.17) is 9.94 Å². The van der Waals surface area contributed by atoms with Gasteiger partial charge in [-0.2, -0.15) is 0 Å². The molecule has 2 aromatic carbocycles. The molecule has 3 rings (SSSR count). The van der Waals surface area contributed by atoms with Crippen LogP contribution < -0.4 is 20.7 Å². The number of nitrogens with zero attached hydrogens (tertiary/aromatic N) is 2. The predicted octanol–water partition coefficient (Wildman–Crippen LogP) is 2.66. The van der Waals surface area contributed by atoms with Crippen molar-refractivity contribution >= 4 is 22.4 Å². The first-order valence-electron chi connectivity index (χ1n) is 8.96. The summed E-state index contributed by atoms with van der Waals surface area (Å²) in [5, 5.41) is 9.99. The lowest BCUT2D eigenvalue weighted by atomic mass is 10.1. The van der Waals surface area contributed by atoms with E-state index in [1.807, 2.05) is 37.4 Å². The molecule has 146 valence electrons. The number of hydrogen-bond donors (Lipinski definition) is 2. The van der Waals surface area contributed by atoms with Crippen LogP contribution in [0.5, 0.6) is 5.75 Å². The number of rotatable bonds is 7. The number of hydroxylamine groups is 1. The molecule has 0 radical (unpaired) electrons. The highest BCUT2D eigenvalue weighted by atomic mass is 16.5. The zero-order valence-electron chi connectivity index (χ0n) is 15.9. The first-order chi connectivity index (χ1) is 13.5. The van der Waals surface area contributed by atoms with Gasteiger partial charge >= 0.3 is 0 Å². The summed E-state index contributed by atoms with van der Waals surface area (Å²) in [7, 11) is 3.64. The van der Waals surface area contributed by atoms with Crippen LogP contribution in [0.2, 0.25) is 0 Å². The van der Waals surface area contributed by atoms with Gasteiger partial charge in [-0.3, -0.25) is 14.8 Å². The Bertz CT molecular complexity index is 1030. The fraction of sp³-hybridized carbons (Fsp3) is 0.238. The Labute approximate surface area is 162 Å². The molecule has 28 heavy (non-hydrogen) atoms. The van der Waals surface area contributed by atoms with E-state index in [9.17, 15) is 9.59 Å². The maximum Gasteiger partial charge on any atom is 0.274 e. The average molecular weight is 381 g/mol. The van der Waals surface area contributed by atoms with Crippen molar-refractivity contribution in [2.75, 3.05) is 25.6 Å². The second-order valence-electron chi connectivity index (χ2n) is 6.53. The smallest absolute Gasteiger partial charge is 0.274 e. The summed E-state index contributed by atoms with van der Waals surface area (Å²) in [4.78, 5) is 26.5. The van der Waals surface area contributed by atoms with Crippen molar-refractivity contribution in [3.8, 4) is 5.75 Å². The predicted molar refractivity (Wildman–Crippen MR) is 108 cm³/mol. The van der Waals surface area contributed by atoms with Crippen LogP contribution in [0.3, 0.4) is 0 Å². The Morgan fingerprint density at radius 2 is 1.93 bits per heavy atom. The Morgan fingerprint density at radius 3 is 2.61 bits per heavy atom. The number of amides is 1. The number of methoxy groups -OCH3 is 1. The summed E-state index contributed by atoms with van der Waals surface area (Å²) >= 11 is 0. The summed E-state index contributed by atoms with van der Waals surface area (Å²) in [6.45, 7) is 1.34. The van der Waals surface area contributed by atoms with Gasteiger partial charge in [-0.05, 0) is 54.3 Å². The Hall–Kier alpha value is -3.32. The van der Waals surface area contributed by atoms with E-state index < -0.39 is 5.91 Å². The highest BCUT2D eigenvalue weighted by molar-refractivity contribution is 5.97. The second-order valence-corrected chi connectivity index (χ2v) is 6.53. The van der Waals surface area contributed by atoms with Gasteiger partial charge in [0.2, 0.25) is 0 Å². The number of carbonyl (C=O) groups excluding carboxylic acids is 1. The molecule has 1 amide bonds. The van der Waals surface area contributed by atoms with Gasteiger partial charge in [-0.1, -0.05) is 6.07 Å². The van der Waals surface area contributed by atoms with E-state index in [1.165, 1.54) is 6.07 Å². The lowest BCUT2D eigenvalue weighted by molar-refractivity contribution is 0.0706. The molecule has 7 nitrogen and oxygen atoms in total. The van der Waals surface area contributed by atoms with Crippen molar-refractivity contribution < 1.29 is 14.7 Å². The monoisotopic (exact) mass is 381 g/mol. The number of fused-ring (bicyclic) bond motifs is 1. The standard InChI is InChI=1S/C21H23N3O4/c1-23(17-6-8-18(28-2)9-7-17)11-3-12-24-13-10-15-4-5-16(20(25)22-27)14-19(15)21(24)26/h4-10,13-14,27H,3,11-12H2,1-2H3,(H,22,25). The van der Waals surface area contributed by atoms with Crippen molar-refractivity contribution in [3.05, 3.63) is 70.6 Å². The van der Waals surface area contributed by atoms with E-state index in [2.05, 4.69) is 4.90 Å². The zero-order valence-corrected chi connectivity index (χ0v) is 15.9. The van der Waals surface area contributed by atoms with Crippen LogP contribution in [-0.4, -0.2) is 36.4 Å². The fourth-order valence-corrected chi connectivity index (χ4v) is 3.11. The topological polar surface area (TPSA) is 83.8 Å².